The van der Waals surface area contributed by atoms with Crippen molar-refractivity contribution in [2.75, 3.05) is 19.8 Å². The van der Waals surface area contributed by atoms with E-state index in [1.54, 1.807) is 0 Å². The fraction of sp³-hybridized carbons (Fsp3) is 0.545. The zero-order chi connectivity index (χ0) is 12.7. The minimum atomic E-state index is 0.177. The number of thiocarbonyl (C=S) groups is 1. The average Bonchev–Trinajstić information content (AvgIpc) is 2.28. The van der Waals surface area contributed by atoms with Gasteiger partial charge in [-0.1, -0.05) is 26.1 Å². The molecule has 0 saturated carbocycles. The number of hydrogen-bond donors (Lipinski definition) is 1. The van der Waals surface area contributed by atoms with Gasteiger partial charge in [-0.3, -0.25) is 0 Å². The largest absolute Gasteiger partial charge is 0.474 e. The lowest BCUT2D eigenvalue weighted by molar-refractivity contribution is 0.0804. The zero-order valence-corrected chi connectivity index (χ0v) is 10.9. The summed E-state index contributed by atoms with van der Waals surface area (Å²) in [5.41, 5.74) is 5.91. The van der Waals surface area contributed by atoms with Crippen molar-refractivity contribution in [3.05, 3.63) is 18.1 Å². The summed E-state index contributed by atoms with van der Waals surface area (Å²) in [4.78, 5) is 8.21. The third-order valence-corrected chi connectivity index (χ3v) is 2.01. The van der Waals surface area contributed by atoms with Gasteiger partial charge in [0.2, 0.25) is 5.88 Å². The van der Waals surface area contributed by atoms with E-state index in [1.807, 2.05) is 0 Å². The third-order valence-electron chi connectivity index (χ3n) is 1.82. The predicted octanol–water partition coefficient (Wildman–Crippen LogP) is 1.16. The first-order valence-electron chi connectivity index (χ1n) is 5.42. The van der Waals surface area contributed by atoms with Crippen LogP contribution in [0.25, 0.3) is 0 Å². The fourth-order valence-electron chi connectivity index (χ4n) is 1.12. The average molecular weight is 255 g/mol. The van der Waals surface area contributed by atoms with Crippen molar-refractivity contribution in [2.45, 2.75) is 13.8 Å². The van der Waals surface area contributed by atoms with Crippen LogP contribution in [0.5, 0.6) is 5.88 Å². The minimum Gasteiger partial charge on any atom is -0.474 e. The molecule has 1 aromatic rings. The molecule has 0 atom stereocenters. The van der Waals surface area contributed by atoms with Gasteiger partial charge in [0.25, 0.3) is 0 Å². The van der Waals surface area contributed by atoms with Gasteiger partial charge in [0.05, 0.1) is 6.61 Å². The van der Waals surface area contributed by atoms with Crippen LogP contribution in [0.4, 0.5) is 0 Å². The van der Waals surface area contributed by atoms with Crippen molar-refractivity contribution in [3.63, 3.8) is 0 Å². The molecule has 2 N–H and O–H groups in total. The number of hydrogen-bond acceptors (Lipinski definition) is 5. The minimum absolute atomic E-state index is 0.177. The van der Waals surface area contributed by atoms with Gasteiger partial charge in [0, 0.05) is 19.0 Å². The molecule has 0 bridgehead atoms. The van der Waals surface area contributed by atoms with E-state index in [9.17, 15) is 0 Å². The van der Waals surface area contributed by atoms with Crippen LogP contribution >= 0.6 is 12.2 Å². The highest BCUT2D eigenvalue weighted by Gasteiger charge is 2.08. The van der Waals surface area contributed by atoms with Crippen LogP contribution in [-0.4, -0.2) is 34.8 Å². The van der Waals surface area contributed by atoms with Crippen LogP contribution in [0.3, 0.4) is 0 Å². The van der Waals surface area contributed by atoms with Crippen LogP contribution in [-0.2, 0) is 4.74 Å². The summed E-state index contributed by atoms with van der Waals surface area (Å²) in [5.74, 6) is 0.867. The summed E-state index contributed by atoms with van der Waals surface area (Å²) in [6.45, 7) is 5.81. The second-order valence-corrected chi connectivity index (χ2v) is 4.33. The Balaban J connectivity index is 2.39. The standard InChI is InChI=1S/C11H17N3O2S/c1-8(2)7-15-5-6-16-11-9(10(12)17)13-3-4-14-11/h3-4,8H,5-7H2,1-2H3,(H2,12,17). The van der Waals surface area contributed by atoms with Crippen molar-refractivity contribution in [2.24, 2.45) is 11.7 Å². The molecule has 0 fully saturated rings. The molecule has 1 aromatic heterocycles. The maximum atomic E-state index is 5.50. The van der Waals surface area contributed by atoms with Gasteiger partial charge in [-0.25, -0.2) is 9.97 Å². The van der Waals surface area contributed by atoms with Crippen molar-refractivity contribution in [1.82, 2.24) is 9.97 Å². The quantitative estimate of drug-likeness (QED) is 0.582. The molecular formula is C11H17N3O2S. The molecule has 94 valence electrons. The molecule has 6 heteroatoms. The molecular weight excluding hydrogens is 238 g/mol. The number of aromatic nitrogens is 2. The molecule has 0 radical (unpaired) electrons. The van der Waals surface area contributed by atoms with Gasteiger partial charge in [0.15, 0.2) is 5.69 Å². The molecule has 0 aromatic carbocycles. The molecule has 0 spiro atoms. The Hall–Kier alpha value is -1.27. The van der Waals surface area contributed by atoms with E-state index >= 15 is 0 Å². The number of rotatable bonds is 7. The van der Waals surface area contributed by atoms with Gasteiger partial charge in [0.1, 0.15) is 11.6 Å². The first-order valence-corrected chi connectivity index (χ1v) is 5.83. The first-order chi connectivity index (χ1) is 8.11. The van der Waals surface area contributed by atoms with Gasteiger partial charge in [-0.05, 0) is 5.92 Å². The fourth-order valence-corrected chi connectivity index (χ4v) is 1.26. The summed E-state index contributed by atoms with van der Waals surface area (Å²) in [7, 11) is 0. The van der Waals surface area contributed by atoms with E-state index in [0.29, 0.717) is 37.3 Å². The van der Waals surface area contributed by atoms with E-state index < -0.39 is 0 Å². The second kappa shape index (κ2) is 7.13. The summed E-state index contributed by atoms with van der Waals surface area (Å²) >= 11 is 4.85. The van der Waals surface area contributed by atoms with Crippen molar-refractivity contribution < 1.29 is 9.47 Å². The van der Waals surface area contributed by atoms with Gasteiger partial charge in [-0.2, -0.15) is 0 Å². The van der Waals surface area contributed by atoms with Crippen LogP contribution in [0, 0.1) is 5.92 Å². The topological polar surface area (TPSA) is 70.3 Å². The third kappa shape index (κ3) is 5.06. The molecule has 5 nitrogen and oxygen atoms in total. The SMILES string of the molecule is CC(C)COCCOc1nccnc1C(N)=S. The summed E-state index contributed by atoms with van der Waals surface area (Å²) in [6.07, 6.45) is 3.06. The lowest BCUT2D eigenvalue weighted by Crippen LogP contribution is -2.17. The molecule has 1 heterocycles. The lowest BCUT2D eigenvalue weighted by Gasteiger charge is -2.09. The number of ether oxygens (including phenoxy) is 2. The monoisotopic (exact) mass is 255 g/mol. The highest BCUT2D eigenvalue weighted by atomic mass is 32.1. The number of nitrogens with zero attached hydrogens (tertiary/aromatic N) is 2. The Bertz CT molecular complexity index is 371. The molecule has 0 saturated heterocycles. The van der Waals surface area contributed by atoms with Crippen molar-refractivity contribution in [3.8, 4) is 5.88 Å². The van der Waals surface area contributed by atoms with Gasteiger partial charge >= 0.3 is 0 Å². The Morgan fingerprint density at radius 2 is 2.06 bits per heavy atom. The van der Waals surface area contributed by atoms with Gasteiger partial charge < -0.3 is 15.2 Å². The van der Waals surface area contributed by atoms with Gasteiger partial charge in [-0.15, -0.1) is 0 Å². The summed E-state index contributed by atoms with van der Waals surface area (Å²) in [5, 5.41) is 0. The molecule has 0 aliphatic rings. The molecule has 17 heavy (non-hydrogen) atoms. The normalized spacial score (nSPS) is 10.5. The first kappa shape index (κ1) is 13.8. The molecule has 0 aliphatic carbocycles. The Morgan fingerprint density at radius 3 is 2.71 bits per heavy atom. The van der Waals surface area contributed by atoms with E-state index in [-0.39, 0.29) is 4.99 Å². The lowest BCUT2D eigenvalue weighted by atomic mass is 10.2. The maximum Gasteiger partial charge on any atom is 0.243 e. The summed E-state index contributed by atoms with van der Waals surface area (Å²) < 4.78 is 10.8. The van der Waals surface area contributed by atoms with Crippen LogP contribution < -0.4 is 10.5 Å². The highest BCUT2D eigenvalue weighted by molar-refractivity contribution is 7.80. The molecule has 0 aliphatic heterocycles. The van der Waals surface area contributed by atoms with E-state index in [0.717, 1.165) is 0 Å². The van der Waals surface area contributed by atoms with E-state index in [1.165, 1.54) is 12.4 Å². The number of nitrogens with two attached hydrogens (primary N) is 1. The zero-order valence-electron chi connectivity index (χ0n) is 10.0. The van der Waals surface area contributed by atoms with Crippen LogP contribution in [0.1, 0.15) is 19.5 Å². The molecule has 0 amide bonds. The Morgan fingerprint density at radius 1 is 1.35 bits per heavy atom. The molecule has 0 unspecified atom stereocenters. The van der Waals surface area contributed by atoms with E-state index in [4.69, 9.17) is 27.4 Å². The van der Waals surface area contributed by atoms with Crippen LogP contribution in [0.15, 0.2) is 12.4 Å². The smallest absolute Gasteiger partial charge is 0.243 e. The van der Waals surface area contributed by atoms with Crippen LogP contribution in [0.2, 0.25) is 0 Å². The van der Waals surface area contributed by atoms with E-state index in [2.05, 4.69) is 23.8 Å². The highest BCUT2D eigenvalue weighted by Crippen LogP contribution is 2.10. The Kier molecular flexibility index (Phi) is 5.79. The second-order valence-electron chi connectivity index (χ2n) is 3.89. The maximum absolute atomic E-state index is 5.50. The van der Waals surface area contributed by atoms with Crippen molar-refractivity contribution in [1.29, 1.82) is 0 Å². The molecule has 1 rings (SSSR count). The predicted molar refractivity (Wildman–Crippen MR) is 69.1 cm³/mol. The van der Waals surface area contributed by atoms with Crippen molar-refractivity contribution >= 4 is 17.2 Å². The summed E-state index contributed by atoms with van der Waals surface area (Å²) in [6, 6.07) is 0. The Labute approximate surface area is 106 Å².